The van der Waals surface area contributed by atoms with E-state index in [1.54, 1.807) is 7.11 Å². The topological polar surface area (TPSA) is 21.3 Å². The number of rotatable bonds is 5. The van der Waals surface area contributed by atoms with Crippen molar-refractivity contribution in [1.82, 2.24) is 5.32 Å². The number of benzene rings is 1. The number of nitrogens with one attached hydrogen (secondary N) is 1. The van der Waals surface area contributed by atoms with Crippen LogP contribution in [0.2, 0.25) is 0 Å². The summed E-state index contributed by atoms with van der Waals surface area (Å²) in [5.41, 5.74) is 3.98. The van der Waals surface area contributed by atoms with Crippen LogP contribution in [0, 0.1) is 13.8 Å². The Hall–Kier alpha value is -1.02. The molecule has 2 nitrogen and oxygen atoms in total. The molecule has 1 saturated carbocycles. The lowest BCUT2D eigenvalue weighted by Gasteiger charge is -2.14. The summed E-state index contributed by atoms with van der Waals surface area (Å²) >= 11 is 0. The van der Waals surface area contributed by atoms with Gasteiger partial charge in [-0.1, -0.05) is 18.9 Å². The maximum absolute atomic E-state index is 5.48. The Balaban J connectivity index is 1.93. The van der Waals surface area contributed by atoms with Gasteiger partial charge in [-0.2, -0.15) is 0 Å². The standard InChI is InChI=1S/C16H25NO/c1-12-10-14(16(18-3)11-13(12)2)8-9-17-15-6-4-5-7-15/h10-11,15,17H,4-9H2,1-3H3. The van der Waals surface area contributed by atoms with Gasteiger partial charge in [-0.25, -0.2) is 0 Å². The summed E-state index contributed by atoms with van der Waals surface area (Å²) in [7, 11) is 1.76. The molecule has 1 N–H and O–H groups in total. The molecule has 0 atom stereocenters. The molecule has 0 aliphatic heterocycles. The fraction of sp³-hybridized carbons (Fsp3) is 0.625. The number of aryl methyl sites for hydroxylation is 2. The highest BCUT2D eigenvalue weighted by Crippen LogP contribution is 2.23. The molecule has 0 bridgehead atoms. The van der Waals surface area contributed by atoms with Gasteiger partial charge in [-0.3, -0.25) is 0 Å². The van der Waals surface area contributed by atoms with Crippen LogP contribution in [0.25, 0.3) is 0 Å². The smallest absolute Gasteiger partial charge is 0.122 e. The van der Waals surface area contributed by atoms with Crippen LogP contribution in [0.5, 0.6) is 5.75 Å². The molecule has 1 aromatic carbocycles. The first-order valence-corrected chi connectivity index (χ1v) is 7.08. The summed E-state index contributed by atoms with van der Waals surface area (Å²) in [5.74, 6) is 1.03. The van der Waals surface area contributed by atoms with Crippen LogP contribution in [0.3, 0.4) is 0 Å². The lowest BCUT2D eigenvalue weighted by Crippen LogP contribution is -2.28. The van der Waals surface area contributed by atoms with Crippen LogP contribution >= 0.6 is 0 Å². The molecule has 2 rings (SSSR count). The van der Waals surface area contributed by atoms with Crippen LogP contribution in [-0.4, -0.2) is 19.7 Å². The Labute approximate surface area is 111 Å². The molecular formula is C16H25NO. The summed E-state index contributed by atoms with van der Waals surface area (Å²) in [5, 5.41) is 3.66. The molecule has 0 radical (unpaired) electrons. The van der Waals surface area contributed by atoms with E-state index in [-0.39, 0.29) is 0 Å². The minimum atomic E-state index is 0.752. The quantitative estimate of drug-likeness (QED) is 0.861. The summed E-state index contributed by atoms with van der Waals surface area (Å²) in [6.07, 6.45) is 6.55. The van der Waals surface area contributed by atoms with E-state index in [9.17, 15) is 0 Å². The van der Waals surface area contributed by atoms with Crippen LogP contribution < -0.4 is 10.1 Å². The zero-order valence-corrected chi connectivity index (χ0v) is 11.9. The van der Waals surface area contributed by atoms with Gasteiger partial charge >= 0.3 is 0 Å². The lowest BCUT2D eigenvalue weighted by molar-refractivity contribution is 0.407. The highest BCUT2D eigenvalue weighted by Gasteiger charge is 2.14. The molecule has 1 aromatic rings. The van der Waals surface area contributed by atoms with Crippen molar-refractivity contribution in [3.63, 3.8) is 0 Å². The van der Waals surface area contributed by atoms with Gasteiger partial charge < -0.3 is 10.1 Å². The monoisotopic (exact) mass is 247 g/mol. The van der Waals surface area contributed by atoms with Gasteiger partial charge in [-0.05, 0) is 62.4 Å². The average molecular weight is 247 g/mol. The van der Waals surface area contributed by atoms with Crippen LogP contribution in [-0.2, 0) is 6.42 Å². The van der Waals surface area contributed by atoms with Crippen molar-refractivity contribution < 1.29 is 4.74 Å². The van der Waals surface area contributed by atoms with Crippen LogP contribution in [0.4, 0.5) is 0 Å². The second kappa shape index (κ2) is 6.24. The first kappa shape index (κ1) is 13.4. The van der Waals surface area contributed by atoms with E-state index in [2.05, 4.69) is 31.3 Å². The predicted molar refractivity (Wildman–Crippen MR) is 76.4 cm³/mol. The van der Waals surface area contributed by atoms with Crippen molar-refractivity contribution in [2.24, 2.45) is 0 Å². The van der Waals surface area contributed by atoms with Gasteiger partial charge in [0.05, 0.1) is 7.11 Å². The van der Waals surface area contributed by atoms with Gasteiger partial charge in [-0.15, -0.1) is 0 Å². The lowest BCUT2D eigenvalue weighted by atomic mass is 10.0. The molecule has 1 aliphatic rings. The molecule has 1 aliphatic carbocycles. The van der Waals surface area contributed by atoms with Crippen molar-refractivity contribution in [2.75, 3.05) is 13.7 Å². The molecule has 0 heterocycles. The Kier molecular flexibility index (Phi) is 4.65. The number of hydrogen-bond donors (Lipinski definition) is 1. The van der Waals surface area contributed by atoms with E-state index in [0.29, 0.717) is 0 Å². The molecule has 0 saturated heterocycles. The largest absolute Gasteiger partial charge is 0.496 e. The molecule has 0 spiro atoms. The summed E-state index contributed by atoms with van der Waals surface area (Å²) in [6, 6.07) is 5.17. The van der Waals surface area contributed by atoms with Gasteiger partial charge in [0.25, 0.3) is 0 Å². The second-order valence-electron chi connectivity index (χ2n) is 5.43. The summed E-state index contributed by atoms with van der Waals surface area (Å²) < 4.78 is 5.48. The molecule has 18 heavy (non-hydrogen) atoms. The first-order chi connectivity index (χ1) is 8.70. The van der Waals surface area contributed by atoms with Crippen LogP contribution in [0.15, 0.2) is 12.1 Å². The van der Waals surface area contributed by atoms with Gasteiger partial charge in [0.15, 0.2) is 0 Å². The van der Waals surface area contributed by atoms with E-state index < -0.39 is 0 Å². The van der Waals surface area contributed by atoms with Gasteiger partial charge in [0.2, 0.25) is 0 Å². The average Bonchev–Trinajstić information content (AvgIpc) is 2.86. The fourth-order valence-electron chi connectivity index (χ4n) is 2.78. The molecule has 0 unspecified atom stereocenters. The minimum absolute atomic E-state index is 0.752. The normalized spacial score (nSPS) is 16.2. The van der Waals surface area contributed by atoms with Crippen molar-refractivity contribution in [3.05, 3.63) is 28.8 Å². The van der Waals surface area contributed by atoms with E-state index in [1.165, 1.54) is 42.4 Å². The van der Waals surface area contributed by atoms with Gasteiger partial charge in [0.1, 0.15) is 5.75 Å². The molecule has 2 heteroatoms. The van der Waals surface area contributed by atoms with Crippen molar-refractivity contribution >= 4 is 0 Å². The maximum Gasteiger partial charge on any atom is 0.122 e. The highest BCUT2D eigenvalue weighted by molar-refractivity contribution is 5.41. The maximum atomic E-state index is 5.48. The zero-order chi connectivity index (χ0) is 13.0. The fourth-order valence-corrected chi connectivity index (χ4v) is 2.78. The Bertz CT molecular complexity index is 394. The van der Waals surface area contributed by atoms with Crippen molar-refractivity contribution in [3.8, 4) is 5.75 Å². The van der Waals surface area contributed by atoms with Crippen molar-refractivity contribution in [1.29, 1.82) is 0 Å². The zero-order valence-electron chi connectivity index (χ0n) is 11.9. The molecule has 1 fully saturated rings. The van der Waals surface area contributed by atoms with E-state index in [1.807, 2.05) is 0 Å². The Morgan fingerprint density at radius 2 is 1.83 bits per heavy atom. The SMILES string of the molecule is COc1cc(C)c(C)cc1CCNC1CCCC1. The van der Waals surface area contributed by atoms with E-state index in [4.69, 9.17) is 4.74 Å². The number of hydrogen-bond acceptors (Lipinski definition) is 2. The molecule has 100 valence electrons. The first-order valence-electron chi connectivity index (χ1n) is 7.08. The molecule has 0 aromatic heterocycles. The minimum Gasteiger partial charge on any atom is -0.496 e. The van der Waals surface area contributed by atoms with E-state index in [0.717, 1.165) is 24.8 Å². The number of ether oxygens (including phenoxy) is 1. The third-order valence-corrected chi connectivity index (χ3v) is 4.08. The third-order valence-electron chi connectivity index (χ3n) is 4.08. The van der Waals surface area contributed by atoms with Crippen LogP contribution in [0.1, 0.15) is 42.4 Å². The van der Waals surface area contributed by atoms with Crippen molar-refractivity contribution in [2.45, 2.75) is 52.0 Å². The van der Waals surface area contributed by atoms with E-state index >= 15 is 0 Å². The van der Waals surface area contributed by atoms with Gasteiger partial charge in [0, 0.05) is 6.04 Å². The Morgan fingerprint density at radius 1 is 1.17 bits per heavy atom. The molecule has 0 amide bonds. The number of methoxy groups -OCH3 is 1. The third kappa shape index (κ3) is 3.26. The summed E-state index contributed by atoms with van der Waals surface area (Å²) in [4.78, 5) is 0. The highest BCUT2D eigenvalue weighted by atomic mass is 16.5. The Morgan fingerprint density at radius 3 is 2.50 bits per heavy atom. The second-order valence-corrected chi connectivity index (χ2v) is 5.43. The molecular weight excluding hydrogens is 222 g/mol. The predicted octanol–water partition coefficient (Wildman–Crippen LogP) is 3.39. The summed E-state index contributed by atoms with van der Waals surface area (Å²) in [6.45, 7) is 5.37.